The van der Waals surface area contributed by atoms with E-state index in [2.05, 4.69) is 63.0 Å². The summed E-state index contributed by atoms with van der Waals surface area (Å²) in [6.07, 6.45) is 2.97. The molecule has 0 saturated heterocycles. The molecule has 0 unspecified atom stereocenters. The number of aliphatic imine (C=N–C) groups is 1. The summed E-state index contributed by atoms with van der Waals surface area (Å²) < 4.78 is 0. The molecule has 0 radical (unpaired) electrons. The Balaban J connectivity index is 2.68. The molecule has 2 aromatic rings. The molecule has 2 rings (SSSR count). The summed E-state index contributed by atoms with van der Waals surface area (Å²) in [6, 6.07) is 10.6. The molecule has 21 heavy (non-hydrogen) atoms. The first-order chi connectivity index (χ1) is 10.1. The van der Waals surface area contributed by atoms with E-state index in [9.17, 15) is 0 Å². The van der Waals surface area contributed by atoms with Crippen molar-refractivity contribution in [2.75, 3.05) is 0 Å². The molecular formula is C19H23NS. The Morgan fingerprint density at radius 1 is 1.19 bits per heavy atom. The first-order valence-electron chi connectivity index (χ1n) is 7.44. The Morgan fingerprint density at radius 3 is 2.43 bits per heavy atom. The van der Waals surface area contributed by atoms with Crippen molar-refractivity contribution in [2.24, 2.45) is 4.99 Å². The first kappa shape index (κ1) is 15.7. The molecule has 0 N–H and O–H groups in total. The molecule has 0 spiro atoms. The summed E-state index contributed by atoms with van der Waals surface area (Å²) in [5, 5.41) is 1.12. The molecular weight excluding hydrogens is 274 g/mol. The minimum Gasteiger partial charge on any atom is -0.250 e. The zero-order valence-corrected chi connectivity index (χ0v) is 14.3. The third kappa shape index (κ3) is 3.16. The second kappa shape index (κ2) is 6.86. The number of benzene rings is 1. The standard InChI is InChI=1S/C19H23NS/c1-6-13(3)14(4)17-15(5)18(21-19(17)20-7-2)16-11-9-8-10-12-16/h7-12H,6H2,1-5H3/b14-13+,20-7-. The Morgan fingerprint density at radius 2 is 1.86 bits per heavy atom. The average molecular weight is 297 g/mol. The highest BCUT2D eigenvalue weighted by atomic mass is 32.1. The van der Waals surface area contributed by atoms with Crippen LogP contribution in [0.2, 0.25) is 0 Å². The van der Waals surface area contributed by atoms with Crippen LogP contribution in [0.3, 0.4) is 0 Å². The molecule has 0 bridgehead atoms. The first-order valence-corrected chi connectivity index (χ1v) is 8.26. The fraction of sp³-hybridized carbons (Fsp3) is 0.316. The highest BCUT2D eigenvalue weighted by molar-refractivity contribution is 7.19. The smallest absolute Gasteiger partial charge is 0.123 e. The lowest BCUT2D eigenvalue weighted by Crippen LogP contribution is -1.87. The SMILES string of the molecule is C/C=N\c1sc(-c2ccccc2)c(C)c1/C(C)=C(\C)CC. The van der Waals surface area contributed by atoms with E-state index in [-0.39, 0.29) is 0 Å². The molecule has 1 nitrogen and oxygen atoms in total. The van der Waals surface area contributed by atoms with Crippen LogP contribution >= 0.6 is 11.3 Å². The van der Waals surface area contributed by atoms with Gasteiger partial charge in [-0.05, 0) is 50.8 Å². The number of allylic oxidation sites excluding steroid dienone is 2. The van der Waals surface area contributed by atoms with Gasteiger partial charge < -0.3 is 0 Å². The molecule has 1 aromatic heterocycles. The molecule has 110 valence electrons. The normalized spacial score (nSPS) is 12.8. The fourth-order valence-corrected chi connectivity index (χ4v) is 3.76. The summed E-state index contributed by atoms with van der Waals surface area (Å²) in [5.74, 6) is 0. The number of nitrogens with zero attached hydrogens (tertiary/aromatic N) is 1. The lowest BCUT2D eigenvalue weighted by atomic mass is 9.97. The van der Waals surface area contributed by atoms with Crippen molar-refractivity contribution in [1.82, 2.24) is 0 Å². The molecule has 1 heterocycles. The van der Waals surface area contributed by atoms with Crippen LogP contribution in [0.15, 0.2) is 40.9 Å². The number of rotatable bonds is 4. The van der Waals surface area contributed by atoms with Gasteiger partial charge in [-0.3, -0.25) is 0 Å². The predicted molar refractivity (Wildman–Crippen MR) is 96.9 cm³/mol. The molecule has 2 heteroatoms. The van der Waals surface area contributed by atoms with Crippen molar-refractivity contribution >= 4 is 28.1 Å². The number of hydrogen-bond donors (Lipinski definition) is 0. The Bertz CT molecular complexity index is 675. The van der Waals surface area contributed by atoms with Crippen molar-refractivity contribution in [3.63, 3.8) is 0 Å². The summed E-state index contributed by atoms with van der Waals surface area (Å²) >= 11 is 1.79. The van der Waals surface area contributed by atoms with Crippen LogP contribution in [-0.4, -0.2) is 6.21 Å². The predicted octanol–water partition coefficient (Wildman–Crippen LogP) is 6.65. The third-order valence-electron chi connectivity index (χ3n) is 3.96. The maximum absolute atomic E-state index is 4.61. The van der Waals surface area contributed by atoms with Gasteiger partial charge in [-0.15, -0.1) is 11.3 Å². The van der Waals surface area contributed by atoms with E-state index >= 15 is 0 Å². The number of thiophene rings is 1. The van der Waals surface area contributed by atoms with E-state index in [0.29, 0.717) is 0 Å². The molecule has 0 amide bonds. The van der Waals surface area contributed by atoms with Crippen LogP contribution < -0.4 is 0 Å². The highest BCUT2D eigenvalue weighted by Crippen LogP contribution is 2.45. The summed E-state index contributed by atoms with van der Waals surface area (Å²) in [6.45, 7) is 10.8. The minimum absolute atomic E-state index is 1.08. The molecule has 0 fully saturated rings. The quantitative estimate of drug-likeness (QED) is 0.560. The van der Waals surface area contributed by atoms with Gasteiger partial charge in [-0.2, -0.15) is 0 Å². The Hall–Kier alpha value is -1.67. The highest BCUT2D eigenvalue weighted by Gasteiger charge is 2.17. The van der Waals surface area contributed by atoms with E-state index in [1.807, 2.05) is 13.1 Å². The van der Waals surface area contributed by atoms with Gasteiger partial charge in [-0.1, -0.05) is 42.8 Å². The van der Waals surface area contributed by atoms with E-state index in [1.165, 1.54) is 32.7 Å². The van der Waals surface area contributed by atoms with Crippen LogP contribution in [0, 0.1) is 6.92 Å². The lowest BCUT2D eigenvalue weighted by molar-refractivity contribution is 1.10. The fourth-order valence-electron chi connectivity index (χ4n) is 2.49. The van der Waals surface area contributed by atoms with Gasteiger partial charge in [0.05, 0.1) is 0 Å². The second-order valence-corrected chi connectivity index (χ2v) is 6.25. The van der Waals surface area contributed by atoms with Gasteiger partial charge in [0.25, 0.3) is 0 Å². The molecule has 1 aromatic carbocycles. The van der Waals surface area contributed by atoms with Crippen LogP contribution in [0.25, 0.3) is 16.0 Å². The maximum atomic E-state index is 4.61. The molecule has 0 aliphatic carbocycles. The van der Waals surface area contributed by atoms with E-state index in [1.54, 1.807) is 11.3 Å². The van der Waals surface area contributed by atoms with Crippen LogP contribution in [0.1, 0.15) is 45.2 Å². The van der Waals surface area contributed by atoms with E-state index in [0.717, 1.165) is 11.4 Å². The largest absolute Gasteiger partial charge is 0.250 e. The van der Waals surface area contributed by atoms with Crippen molar-refractivity contribution in [3.05, 3.63) is 47.0 Å². The van der Waals surface area contributed by atoms with E-state index in [4.69, 9.17) is 0 Å². The van der Waals surface area contributed by atoms with Gasteiger partial charge in [0.2, 0.25) is 0 Å². The topological polar surface area (TPSA) is 12.4 Å². The number of hydrogen-bond acceptors (Lipinski definition) is 2. The van der Waals surface area contributed by atoms with Crippen molar-refractivity contribution < 1.29 is 0 Å². The summed E-state index contributed by atoms with van der Waals surface area (Å²) in [5.41, 5.74) is 6.74. The maximum Gasteiger partial charge on any atom is 0.123 e. The van der Waals surface area contributed by atoms with Crippen LogP contribution in [0.5, 0.6) is 0 Å². The molecule has 0 saturated carbocycles. The second-order valence-electron chi connectivity index (χ2n) is 5.25. The van der Waals surface area contributed by atoms with Crippen molar-refractivity contribution in [3.8, 4) is 10.4 Å². The monoisotopic (exact) mass is 297 g/mol. The van der Waals surface area contributed by atoms with Gasteiger partial charge in [0, 0.05) is 16.7 Å². The summed E-state index contributed by atoms with van der Waals surface area (Å²) in [7, 11) is 0. The van der Waals surface area contributed by atoms with Crippen molar-refractivity contribution in [1.29, 1.82) is 0 Å². The van der Waals surface area contributed by atoms with E-state index < -0.39 is 0 Å². The molecule has 0 aliphatic rings. The van der Waals surface area contributed by atoms with Gasteiger partial charge in [-0.25, -0.2) is 4.99 Å². The lowest BCUT2D eigenvalue weighted by Gasteiger charge is -2.08. The van der Waals surface area contributed by atoms with Gasteiger partial charge >= 0.3 is 0 Å². The third-order valence-corrected chi connectivity index (χ3v) is 5.20. The summed E-state index contributed by atoms with van der Waals surface area (Å²) in [4.78, 5) is 5.94. The zero-order chi connectivity index (χ0) is 15.4. The van der Waals surface area contributed by atoms with Gasteiger partial charge in [0.15, 0.2) is 0 Å². The minimum atomic E-state index is 1.08. The zero-order valence-electron chi connectivity index (χ0n) is 13.5. The Labute approximate surface area is 132 Å². The van der Waals surface area contributed by atoms with Crippen LogP contribution in [-0.2, 0) is 0 Å². The molecule has 0 aliphatic heterocycles. The van der Waals surface area contributed by atoms with Crippen LogP contribution in [0.4, 0.5) is 5.00 Å². The molecule has 0 atom stereocenters. The Kier molecular flexibility index (Phi) is 5.13. The average Bonchev–Trinajstić information content (AvgIpc) is 2.83. The van der Waals surface area contributed by atoms with Crippen molar-refractivity contribution in [2.45, 2.75) is 41.0 Å². The van der Waals surface area contributed by atoms with Gasteiger partial charge in [0.1, 0.15) is 5.00 Å².